The number of rotatable bonds is 8. The molecular formula is C14H21BrFNO2S. The van der Waals surface area contributed by atoms with Crippen molar-refractivity contribution in [1.29, 1.82) is 0 Å². The van der Waals surface area contributed by atoms with E-state index < -0.39 is 9.84 Å². The van der Waals surface area contributed by atoms with Crippen LogP contribution in [0, 0.1) is 5.82 Å². The van der Waals surface area contributed by atoms with Crippen molar-refractivity contribution in [1.82, 2.24) is 5.32 Å². The van der Waals surface area contributed by atoms with E-state index in [-0.39, 0.29) is 23.4 Å². The van der Waals surface area contributed by atoms with Gasteiger partial charge < -0.3 is 5.32 Å². The first kappa shape index (κ1) is 17.6. The summed E-state index contributed by atoms with van der Waals surface area (Å²) >= 11 is 3.13. The van der Waals surface area contributed by atoms with Crippen molar-refractivity contribution >= 4 is 25.8 Å². The van der Waals surface area contributed by atoms with E-state index >= 15 is 0 Å². The summed E-state index contributed by atoms with van der Waals surface area (Å²) in [5, 5.41) is 3.27. The van der Waals surface area contributed by atoms with Crippen LogP contribution < -0.4 is 5.32 Å². The number of nitrogens with one attached hydrogen (secondary N) is 1. The van der Waals surface area contributed by atoms with E-state index in [0.29, 0.717) is 17.3 Å². The summed E-state index contributed by atoms with van der Waals surface area (Å²) in [7, 11) is -2.94. The number of hydrogen-bond acceptors (Lipinski definition) is 3. The topological polar surface area (TPSA) is 46.2 Å². The van der Waals surface area contributed by atoms with Gasteiger partial charge in [-0.3, -0.25) is 0 Å². The molecule has 0 aliphatic rings. The van der Waals surface area contributed by atoms with Crippen LogP contribution in [0.25, 0.3) is 0 Å². The largest absolute Gasteiger partial charge is 0.310 e. The first-order valence-electron chi connectivity index (χ1n) is 6.78. The zero-order chi connectivity index (χ0) is 15.2. The molecule has 0 fully saturated rings. The molecule has 114 valence electrons. The van der Waals surface area contributed by atoms with Crippen molar-refractivity contribution in [3.8, 4) is 0 Å². The first-order valence-corrected chi connectivity index (χ1v) is 9.39. The van der Waals surface area contributed by atoms with Crippen molar-refractivity contribution in [2.45, 2.75) is 32.7 Å². The van der Waals surface area contributed by atoms with Crippen molar-refractivity contribution in [3.63, 3.8) is 0 Å². The van der Waals surface area contributed by atoms with Crippen molar-refractivity contribution in [2.24, 2.45) is 0 Å². The molecule has 0 radical (unpaired) electrons. The Labute approximate surface area is 129 Å². The van der Waals surface area contributed by atoms with Gasteiger partial charge in [-0.2, -0.15) is 0 Å². The van der Waals surface area contributed by atoms with E-state index in [2.05, 4.69) is 21.2 Å². The standard InChI is InChI=1S/C14H21BrFNO2S/c1-3-17-14(6-5-9-20(18,19)4-2)11-7-8-12(15)13(16)10-11/h7-8,10,14,17H,3-6,9H2,1-2H3. The minimum Gasteiger partial charge on any atom is -0.310 e. The zero-order valence-electron chi connectivity index (χ0n) is 11.8. The Morgan fingerprint density at radius 1 is 1.35 bits per heavy atom. The van der Waals surface area contributed by atoms with Gasteiger partial charge in [-0.1, -0.05) is 19.9 Å². The van der Waals surface area contributed by atoms with Crippen LogP contribution in [-0.2, 0) is 9.84 Å². The van der Waals surface area contributed by atoms with Gasteiger partial charge in [-0.05, 0) is 53.0 Å². The van der Waals surface area contributed by atoms with Gasteiger partial charge in [0.2, 0.25) is 0 Å². The lowest BCUT2D eigenvalue weighted by molar-refractivity contribution is 0.502. The Kier molecular flexibility index (Phi) is 7.12. The third-order valence-corrected chi connectivity index (χ3v) is 5.62. The lowest BCUT2D eigenvalue weighted by Crippen LogP contribution is -2.22. The summed E-state index contributed by atoms with van der Waals surface area (Å²) in [5.41, 5.74) is 0.849. The molecule has 0 amide bonds. The number of benzene rings is 1. The second-order valence-electron chi connectivity index (χ2n) is 4.66. The minimum atomic E-state index is -2.94. The predicted molar refractivity (Wildman–Crippen MR) is 84.1 cm³/mol. The molecule has 0 saturated carbocycles. The highest BCUT2D eigenvalue weighted by atomic mass is 79.9. The fourth-order valence-corrected chi connectivity index (χ4v) is 3.16. The molecule has 1 aromatic rings. The van der Waals surface area contributed by atoms with Crippen LogP contribution in [0.3, 0.4) is 0 Å². The van der Waals surface area contributed by atoms with Crippen LogP contribution in [-0.4, -0.2) is 26.5 Å². The molecule has 0 bridgehead atoms. The summed E-state index contributed by atoms with van der Waals surface area (Å²) in [6, 6.07) is 5.01. The normalized spacial score (nSPS) is 13.4. The van der Waals surface area contributed by atoms with E-state index in [1.807, 2.05) is 13.0 Å². The predicted octanol–water partition coefficient (Wildman–Crippen LogP) is 3.45. The smallest absolute Gasteiger partial charge is 0.150 e. The maximum absolute atomic E-state index is 13.6. The molecule has 0 aliphatic carbocycles. The van der Waals surface area contributed by atoms with Crippen LogP contribution in [0.2, 0.25) is 0 Å². The molecule has 20 heavy (non-hydrogen) atoms. The summed E-state index contributed by atoms with van der Waals surface area (Å²) < 4.78 is 37.0. The third-order valence-electron chi connectivity index (χ3n) is 3.18. The summed E-state index contributed by atoms with van der Waals surface area (Å²) in [5.74, 6) is 0.0579. The van der Waals surface area contributed by atoms with Crippen molar-refractivity contribution in [2.75, 3.05) is 18.1 Å². The summed E-state index contributed by atoms with van der Waals surface area (Å²) in [6.07, 6.45) is 1.25. The highest BCUT2D eigenvalue weighted by molar-refractivity contribution is 9.10. The van der Waals surface area contributed by atoms with E-state index in [1.54, 1.807) is 13.0 Å². The quantitative estimate of drug-likeness (QED) is 0.767. The van der Waals surface area contributed by atoms with Crippen LogP contribution in [0.15, 0.2) is 22.7 Å². The fourth-order valence-electron chi connectivity index (χ4n) is 2.01. The van der Waals surface area contributed by atoms with Gasteiger partial charge in [0.25, 0.3) is 0 Å². The maximum atomic E-state index is 13.6. The SMILES string of the molecule is CCNC(CCCS(=O)(=O)CC)c1ccc(Br)c(F)c1. The van der Waals surface area contributed by atoms with Gasteiger partial charge in [0.05, 0.1) is 10.2 Å². The molecule has 0 aromatic heterocycles. The van der Waals surface area contributed by atoms with Gasteiger partial charge in [0.15, 0.2) is 0 Å². The molecule has 0 aliphatic heterocycles. The van der Waals surface area contributed by atoms with Crippen LogP contribution in [0.1, 0.15) is 38.3 Å². The van der Waals surface area contributed by atoms with Gasteiger partial charge in [0.1, 0.15) is 15.7 Å². The Morgan fingerprint density at radius 3 is 2.60 bits per heavy atom. The lowest BCUT2D eigenvalue weighted by atomic mass is 10.0. The Hall–Kier alpha value is -0.460. The van der Waals surface area contributed by atoms with E-state index in [9.17, 15) is 12.8 Å². The second kappa shape index (κ2) is 8.10. The zero-order valence-corrected chi connectivity index (χ0v) is 14.2. The Morgan fingerprint density at radius 2 is 2.05 bits per heavy atom. The molecule has 1 atom stereocenters. The monoisotopic (exact) mass is 365 g/mol. The number of sulfone groups is 1. The number of halogens is 2. The first-order chi connectivity index (χ1) is 9.39. The number of hydrogen-bond donors (Lipinski definition) is 1. The second-order valence-corrected chi connectivity index (χ2v) is 7.99. The highest BCUT2D eigenvalue weighted by Crippen LogP contribution is 2.23. The minimum absolute atomic E-state index is 0.0188. The maximum Gasteiger partial charge on any atom is 0.150 e. The van der Waals surface area contributed by atoms with Crippen molar-refractivity contribution in [3.05, 3.63) is 34.1 Å². The van der Waals surface area contributed by atoms with Gasteiger partial charge in [0, 0.05) is 11.8 Å². The van der Waals surface area contributed by atoms with Crippen molar-refractivity contribution < 1.29 is 12.8 Å². The lowest BCUT2D eigenvalue weighted by Gasteiger charge is -2.18. The van der Waals surface area contributed by atoms with Crippen LogP contribution >= 0.6 is 15.9 Å². The molecule has 1 aromatic carbocycles. The van der Waals surface area contributed by atoms with E-state index in [1.165, 1.54) is 6.07 Å². The third kappa shape index (κ3) is 5.50. The van der Waals surface area contributed by atoms with Gasteiger partial charge in [-0.15, -0.1) is 0 Å². The summed E-state index contributed by atoms with van der Waals surface area (Å²) in [6.45, 7) is 4.38. The van der Waals surface area contributed by atoms with E-state index in [4.69, 9.17) is 0 Å². The molecule has 3 nitrogen and oxygen atoms in total. The molecular weight excluding hydrogens is 345 g/mol. The van der Waals surface area contributed by atoms with Crippen LogP contribution in [0.5, 0.6) is 0 Å². The van der Waals surface area contributed by atoms with Gasteiger partial charge >= 0.3 is 0 Å². The van der Waals surface area contributed by atoms with E-state index in [0.717, 1.165) is 12.1 Å². The molecule has 0 spiro atoms. The average molecular weight is 366 g/mol. The van der Waals surface area contributed by atoms with Gasteiger partial charge in [-0.25, -0.2) is 12.8 Å². The van der Waals surface area contributed by atoms with Crippen LogP contribution in [0.4, 0.5) is 4.39 Å². The molecule has 0 heterocycles. The highest BCUT2D eigenvalue weighted by Gasteiger charge is 2.14. The Bertz CT molecular complexity index is 534. The molecule has 1 N–H and O–H groups in total. The molecule has 6 heteroatoms. The molecule has 1 unspecified atom stereocenters. The average Bonchev–Trinajstić information content (AvgIpc) is 2.41. The Balaban J connectivity index is 2.71. The summed E-state index contributed by atoms with van der Waals surface area (Å²) in [4.78, 5) is 0. The molecule has 0 saturated heterocycles. The fraction of sp³-hybridized carbons (Fsp3) is 0.571. The molecule has 1 rings (SSSR count).